The number of aliphatic hydroxyl groups excluding tert-OH is 1. The van der Waals surface area contributed by atoms with Gasteiger partial charge in [-0.2, -0.15) is 0 Å². The second-order valence-corrected chi connectivity index (χ2v) is 16.6. The summed E-state index contributed by atoms with van der Waals surface area (Å²) >= 11 is 0. The molecular formula is C43H60N6O6. The van der Waals surface area contributed by atoms with Crippen molar-refractivity contribution in [1.82, 2.24) is 25.2 Å². The molecule has 0 radical (unpaired) electrons. The second kappa shape index (κ2) is 16.6. The number of aliphatic imine (C=N–C) groups is 1. The van der Waals surface area contributed by atoms with Crippen LogP contribution in [0.3, 0.4) is 0 Å². The number of allylic oxidation sites excluding steroid dienone is 2. The second-order valence-electron chi connectivity index (χ2n) is 16.6. The summed E-state index contributed by atoms with van der Waals surface area (Å²) in [6.07, 6.45) is 6.14. The first-order valence-electron chi connectivity index (χ1n) is 19.9. The maximum absolute atomic E-state index is 14.2. The number of hydrogen-bond donors (Lipinski definition) is 3. The first kappa shape index (κ1) is 40.6. The van der Waals surface area contributed by atoms with Gasteiger partial charge in [0.25, 0.3) is 5.91 Å². The van der Waals surface area contributed by atoms with Gasteiger partial charge in [-0.25, -0.2) is 5.43 Å². The number of carbonyl (C=O) groups is 3. The number of amides is 2. The van der Waals surface area contributed by atoms with Gasteiger partial charge in [-0.15, -0.1) is 0 Å². The summed E-state index contributed by atoms with van der Waals surface area (Å²) in [6.45, 7) is 20.8. The maximum Gasteiger partial charge on any atom is 0.324 e. The first-order chi connectivity index (χ1) is 26.2. The molecule has 2 unspecified atom stereocenters. The van der Waals surface area contributed by atoms with E-state index in [1.807, 2.05) is 30.9 Å². The lowest BCUT2D eigenvalue weighted by atomic mass is 9.84. The highest BCUT2D eigenvalue weighted by atomic mass is 16.5. The lowest BCUT2D eigenvalue weighted by Crippen LogP contribution is -2.62. The molecule has 3 N–H and O–H groups in total. The van der Waals surface area contributed by atoms with E-state index in [1.54, 1.807) is 13.3 Å². The van der Waals surface area contributed by atoms with Crippen molar-refractivity contribution < 1.29 is 29.0 Å². The van der Waals surface area contributed by atoms with Gasteiger partial charge in [0.15, 0.2) is 0 Å². The van der Waals surface area contributed by atoms with Crippen LogP contribution in [0, 0.1) is 23.2 Å². The molecule has 4 heterocycles. The Kier molecular flexibility index (Phi) is 12.2. The van der Waals surface area contributed by atoms with Gasteiger partial charge in [-0.1, -0.05) is 46.4 Å². The Balaban J connectivity index is 1.50. The molecule has 12 heteroatoms. The Labute approximate surface area is 325 Å². The Morgan fingerprint density at radius 2 is 1.98 bits per heavy atom. The van der Waals surface area contributed by atoms with E-state index in [4.69, 9.17) is 14.5 Å². The van der Waals surface area contributed by atoms with Crippen LogP contribution in [0.4, 0.5) is 0 Å². The van der Waals surface area contributed by atoms with E-state index >= 15 is 0 Å². The summed E-state index contributed by atoms with van der Waals surface area (Å²) in [4.78, 5) is 48.2. The highest BCUT2D eigenvalue weighted by molar-refractivity contribution is 5.95. The molecule has 1 aromatic carbocycles. The number of aromatic nitrogens is 1. The molecule has 1 saturated carbocycles. The number of aliphatic hydroxyl groups is 1. The third-order valence-electron chi connectivity index (χ3n) is 12.0. The number of esters is 1. The van der Waals surface area contributed by atoms with Crippen LogP contribution >= 0.6 is 0 Å². The van der Waals surface area contributed by atoms with Crippen molar-refractivity contribution in [3.05, 3.63) is 59.4 Å². The molecule has 1 saturated heterocycles. The predicted octanol–water partition coefficient (Wildman–Crippen LogP) is 4.75. The van der Waals surface area contributed by atoms with Gasteiger partial charge in [-0.3, -0.25) is 29.3 Å². The van der Waals surface area contributed by atoms with Crippen LogP contribution in [-0.4, -0.2) is 108 Å². The predicted molar refractivity (Wildman–Crippen MR) is 216 cm³/mol. The first-order valence-corrected chi connectivity index (χ1v) is 19.9. The highest BCUT2D eigenvalue weighted by Crippen LogP contribution is 2.45. The number of nitrogens with one attached hydrogen (secondary N) is 2. The van der Waals surface area contributed by atoms with Gasteiger partial charge in [0.2, 0.25) is 5.91 Å². The number of rotatable bonds is 8. The smallest absolute Gasteiger partial charge is 0.324 e. The standard InChI is InChI=1S/C43H60N6O6/c1-10-31(38(44-11-2)27(6)54-9)39-33-20-43(7,8)24-55-42(53)34-14-13-17-49(46-34)41(52)35(45-40(51)37-25(4)26(37)5)23-47-21-29(18-30(50)22-47)28-15-16-36(32(33)19-28)48(39)12-3/h10-11,15-16,18-19,25-27,30,34-35,37,46,50H,1,12-14,17,20-24H2,2-9H3,(H,45,51)/b38-31+,44-11?/t25-,26+,27-,30+,34-,35-,37?/m0/s1. The molecule has 3 aliphatic heterocycles. The van der Waals surface area contributed by atoms with Crippen LogP contribution in [0.2, 0.25) is 0 Å². The van der Waals surface area contributed by atoms with Crippen molar-refractivity contribution >= 4 is 46.0 Å². The zero-order valence-corrected chi connectivity index (χ0v) is 33.9. The molecule has 298 valence electrons. The van der Waals surface area contributed by atoms with Gasteiger partial charge in [0.05, 0.1) is 30.2 Å². The summed E-state index contributed by atoms with van der Waals surface area (Å²) in [7, 11) is 1.67. The molecular weight excluding hydrogens is 697 g/mol. The Morgan fingerprint density at radius 3 is 2.64 bits per heavy atom. The molecule has 12 nitrogen and oxygen atoms in total. The third kappa shape index (κ3) is 8.38. The average molecular weight is 757 g/mol. The number of ether oxygens (including phenoxy) is 2. The van der Waals surface area contributed by atoms with E-state index in [-0.39, 0.29) is 48.8 Å². The maximum atomic E-state index is 14.2. The van der Waals surface area contributed by atoms with Crippen molar-refractivity contribution in [3.8, 4) is 0 Å². The van der Waals surface area contributed by atoms with E-state index in [0.717, 1.165) is 44.6 Å². The van der Waals surface area contributed by atoms with Gasteiger partial charge in [0, 0.05) is 73.9 Å². The summed E-state index contributed by atoms with van der Waals surface area (Å²) in [6, 6.07) is 4.82. The van der Waals surface area contributed by atoms with Crippen LogP contribution in [0.25, 0.3) is 22.0 Å². The quantitative estimate of drug-likeness (QED) is 0.200. The van der Waals surface area contributed by atoms with Gasteiger partial charge in [-0.05, 0) is 86.8 Å². The zero-order valence-electron chi connectivity index (χ0n) is 33.9. The molecule has 1 aliphatic carbocycles. The monoisotopic (exact) mass is 756 g/mol. The minimum absolute atomic E-state index is 0.140. The fourth-order valence-electron chi connectivity index (χ4n) is 8.69. The fourth-order valence-corrected chi connectivity index (χ4v) is 8.69. The number of carbonyl (C=O) groups excluding carboxylic acids is 3. The summed E-state index contributed by atoms with van der Waals surface area (Å²) in [5.41, 5.74) is 9.29. The SMILES string of the molecule is C=C/C(=C(\N=CC)[C@H](C)OC)c1c2c3cc(ccc3n1CC)C1=C[C@@H](O)CN(C1)C[C@H](NC(=O)C1[C@@H](C)[C@H]1C)C(=O)N1CCC[C@H](N1)C(=O)OCC(C)(C)C2. The topological polar surface area (TPSA) is 138 Å². The van der Waals surface area contributed by atoms with E-state index in [0.29, 0.717) is 45.4 Å². The van der Waals surface area contributed by atoms with Crippen LogP contribution in [0.5, 0.6) is 0 Å². The Hall–Kier alpha value is -4.10. The number of methoxy groups -OCH3 is 1. The lowest BCUT2D eigenvalue weighted by Gasteiger charge is -2.38. The molecule has 55 heavy (non-hydrogen) atoms. The Morgan fingerprint density at radius 1 is 1.24 bits per heavy atom. The molecule has 1 aromatic heterocycles. The van der Waals surface area contributed by atoms with E-state index in [9.17, 15) is 19.5 Å². The number of nitrogens with zero attached hydrogens (tertiary/aromatic N) is 4. The van der Waals surface area contributed by atoms with Crippen molar-refractivity contribution in [3.63, 3.8) is 0 Å². The van der Waals surface area contributed by atoms with Crippen molar-refractivity contribution in [2.24, 2.45) is 28.2 Å². The van der Waals surface area contributed by atoms with Crippen molar-refractivity contribution in [2.45, 2.75) is 98.6 Å². The van der Waals surface area contributed by atoms with Crippen LogP contribution in [-0.2, 0) is 36.8 Å². The summed E-state index contributed by atoms with van der Waals surface area (Å²) in [5, 5.41) is 16.8. The lowest BCUT2D eigenvalue weighted by molar-refractivity contribution is -0.155. The third-order valence-corrected chi connectivity index (χ3v) is 12.0. The number of cyclic esters (lactones) is 1. The van der Waals surface area contributed by atoms with Crippen molar-refractivity contribution in [1.29, 1.82) is 0 Å². The van der Waals surface area contributed by atoms with Gasteiger partial charge < -0.3 is 24.5 Å². The number of hydrogen-bond acceptors (Lipinski definition) is 9. The Bertz CT molecular complexity index is 1900. The van der Waals surface area contributed by atoms with E-state index in [2.05, 4.69) is 74.7 Å². The molecule has 8 atom stereocenters. The highest BCUT2D eigenvalue weighted by Gasteiger charge is 2.49. The number of hydrazine groups is 1. The van der Waals surface area contributed by atoms with E-state index < -0.39 is 29.6 Å². The molecule has 0 spiro atoms. The van der Waals surface area contributed by atoms with Gasteiger partial charge >= 0.3 is 5.97 Å². The summed E-state index contributed by atoms with van der Waals surface area (Å²) in [5.74, 6) is -0.526. The van der Waals surface area contributed by atoms with Crippen LogP contribution in [0.15, 0.2) is 47.6 Å². The zero-order chi connectivity index (χ0) is 39.8. The average Bonchev–Trinajstić information content (AvgIpc) is 3.66. The van der Waals surface area contributed by atoms with Crippen LogP contribution in [0.1, 0.15) is 78.1 Å². The molecule has 2 fully saturated rings. The molecule has 6 rings (SSSR count). The normalized spacial score (nSPS) is 29.6. The molecule has 6 bridgehead atoms. The van der Waals surface area contributed by atoms with Gasteiger partial charge in [0.1, 0.15) is 12.1 Å². The minimum atomic E-state index is -0.882. The molecule has 2 aromatic rings. The van der Waals surface area contributed by atoms with Crippen LogP contribution < -0.4 is 10.7 Å². The number of fused-ring (bicyclic) bond motifs is 6. The fraction of sp³-hybridized carbons (Fsp3) is 0.581. The minimum Gasteiger partial charge on any atom is -0.464 e. The summed E-state index contributed by atoms with van der Waals surface area (Å²) < 4.78 is 14.2. The number of benzene rings is 1. The molecule has 4 aliphatic rings. The molecule has 2 amide bonds. The van der Waals surface area contributed by atoms with Crippen molar-refractivity contribution in [2.75, 3.05) is 39.9 Å². The largest absolute Gasteiger partial charge is 0.464 e. The number of aryl methyl sites for hydroxylation is 1. The van der Waals surface area contributed by atoms with E-state index in [1.165, 1.54) is 5.01 Å².